The van der Waals surface area contributed by atoms with Crippen LogP contribution in [0.5, 0.6) is 0 Å². The van der Waals surface area contributed by atoms with Crippen molar-refractivity contribution < 1.29 is 5.11 Å². The fourth-order valence-electron chi connectivity index (χ4n) is 1.39. The van der Waals surface area contributed by atoms with Crippen molar-refractivity contribution in [2.45, 2.75) is 43.7 Å². The zero-order valence-corrected chi connectivity index (χ0v) is 10.9. The molecule has 0 aromatic heterocycles. The molecule has 90 valence electrons. The van der Waals surface area contributed by atoms with Crippen LogP contribution in [0.2, 0.25) is 0 Å². The molecule has 0 saturated carbocycles. The molecule has 0 bridgehead atoms. The highest BCUT2D eigenvalue weighted by Crippen LogP contribution is 2.26. The highest BCUT2D eigenvalue weighted by Gasteiger charge is 2.21. The summed E-state index contributed by atoms with van der Waals surface area (Å²) in [7, 11) is 0. The Morgan fingerprint density at radius 2 is 1.75 bits per heavy atom. The van der Waals surface area contributed by atoms with Crippen LogP contribution in [-0.4, -0.2) is 16.5 Å². The lowest BCUT2D eigenvalue weighted by atomic mass is 10.0. The lowest BCUT2D eigenvalue weighted by Crippen LogP contribution is -2.29. The van der Waals surface area contributed by atoms with Gasteiger partial charge in [-0.25, -0.2) is 0 Å². The molecule has 16 heavy (non-hydrogen) atoms. The van der Waals surface area contributed by atoms with E-state index in [1.807, 2.05) is 26.0 Å². The highest BCUT2D eigenvalue weighted by atomic mass is 32.2. The standard InChI is InChI=1S/C13H21NOS/c1-3-13(15,4-2)10-16-12-7-5-11(9-14)6-8-12/h5-8,15H,3-4,9-10,14H2,1-2H3. The fraction of sp³-hybridized carbons (Fsp3) is 0.538. The SMILES string of the molecule is CCC(O)(CC)CSc1ccc(CN)cc1. The van der Waals surface area contributed by atoms with Crippen molar-refractivity contribution in [1.82, 2.24) is 0 Å². The molecule has 0 radical (unpaired) electrons. The Labute approximate surface area is 102 Å². The zero-order valence-electron chi connectivity index (χ0n) is 10.1. The van der Waals surface area contributed by atoms with Gasteiger partial charge in [-0.05, 0) is 30.5 Å². The van der Waals surface area contributed by atoms with Gasteiger partial charge < -0.3 is 10.8 Å². The number of thioether (sulfide) groups is 1. The monoisotopic (exact) mass is 239 g/mol. The number of hydrogen-bond acceptors (Lipinski definition) is 3. The molecule has 0 unspecified atom stereocenters. The van der Waals surface area contributed by atoms with E-state index in [4.69, 9.17) is 5.73 Å². The minimum atomic E-state index is -0.531. The molecular weight excluding hydrogens is 218 g/mol. The van der Waals surface area contributed by atoms with Gasteiger partial charge in [0.05, 0.1) is 5.60 Å². The Morgan fingerprint density at radius 3 is 2.19 bits per heavy atom. The van der Waals surface area contributed by atoms with Crippen molar-refractivity contribution in [1.29, 1.82) is 0 Å². The van der Waals surface area contributed by atoms with Crippen LogP contribution in [-0.2, 0) is 6.54 Å². The van der Waals surface area contributed by atoms with E-state index >= 15 is 0 Å². The Bertz CT molecular complexity index is 306. The molecule has 0 spiro atoms. The second-order valence-electron chi connectivity index (χ2n) is 4.07. The van der Waals surface area contributed by atoms with Gasteiger partial charge in [-0.15, -0.1) is 11.8 Å². The van der Waals surface area contributed by atoms with Gasteiger partial charge in [0.2, 0.25) is 0 Å². The Kier molecular flexibility index (Phi) is 5.32. The molecular formula is C13H21NOS. The predicted octanol–water partition coefficient (Wildman–Crippen LogP) is 2.79. The number of nitrogens with two attached hydrogens (primary N) is 1. The summed E-state index contributed by atoms with van der Waals surface area (Å²) < 4.78 is 0. The normalized spacial score (nSPS) is 11.8. The third-order valence-corrected chi connectivity index (χ3v) is 4.27. The third-order valence-electron chi connectivity index (χ3n) is 2.98. The Hall–Kier alpha value is -0.510. The fourth-order valence-corrected chi connectivity index (χ4v) is 2.57. The first-order chi connectivity index (χ1) is 7.63. The van der Waals surface area contributed by atoms with Crippen molar-refractivity contribution in [3.8, 4) is 0 Å². The number of hydrogen-bond donors (Lipinski definition) is 2. The van der Waals surface area contributed by atoms with Crippen molar-refractivity contribution in [2.24, 2.45) is 5.73 Å². The largest absolute Gasteiger partial charge is 0.389 e. The summed E-state index contributed by atoms with van der Waals surface area (Å²) in [6.07, 6.45) is 1.61. The van der Waals surface area contributed by atoms with Gasteiger partial charge in [0.1, 0.15) is 0 Å². The topological polar surface area (TPSA) is 46.2 Å². The maximum Gasteiger partial charge on any atom is 0.0736 e. The minimum absolute atomic E-state index is 0.531. The maximum absolute atomic E-state index is 10.2. The predicted molar refractivity (Wildman–Crippen MR) is 70.6 cm³/mol. The van der Waals surface area contributed by atoms with Crippen LogP contribution < -0.4 is 5.73 Å². The van der Waals surface area contributed by atoms with Gasteiger partial charge in [-0.2, -0.15) is 0 Å². The average Bonchev–Trinajstić information content (AvgIpc) is 2.36. The van der Waals surface area contributed by atoms with E-state index in [2.05, 4.69) is 12.1 Å². The van der Waals surface area contributed by atoms with Crippen LogP contribution in [0, 0.1) is 0 Å². The van der Waals surface area contributed by atoms with Crippen molar-refractivity contribution >= 4 is 11.8 Å². The van der Waals surface area contributed by atoms with Gasteiger partial charge in [0.15, 0.2) is 0 Å². The Morgan fingerprint density at radius 1 is 1.19 bits per heavy atom. The lowest BCUT2D eigenvalue weighted by molar-refractivity contribution is 0.0572. The van der Waals surface area contributed by atoms with Crippen molar-refractivity contribution in [3.05, 3.63) is 29.8 Å². The summed E-state index contributed by atoms with van der Waals surface area (Å²) in [5.41, 5.74) is 6.15. The summed E-state index contributed by atoms with van der Waals surface area (Å²) >= 11 is 1.70. The summed E-state index contributed by atoms with van der Waals surface area (Å²) in [5.74, 6) is 0.752. The van der Waals surface area contributed by atoms with Gasteiger partial charge >= 0.3 is 0 Å². The smallest absolute Gasteiger partial charge is 0.0736 e. The van der Waals surface area contributed by atoms with Crippen molar-refractivity contribution in [2.75, 3.05) is 5.75 Å². The van der Waals surface area contributed by atoms with Gasteiger partial charge in [0.25, 0.3) is 0 Å². The molecule has 1 rings (SSSR count). The second-order valence-corrected chi connectivity index (χ2v) is 5.12. The lowest BCUT2D eigenvalue weighted by Gasteiger charge is -2.24. The highest BCUT2D eigenvalue weighted by molar-refractivity contribution is 7.99. The molecule has 2 nitrogen and oxygen atoms in total. The van der Waals surface area contributed by atoms with E-state index in [1.165, 1.54) is 4.90 Å². The molecule has 0 fully saturated rings. The van der Waals surface area contributed by atoms with Crippen LogP contribution in [0.25, 0.3) is 0 Å². The second kappa shape index (κ2) is 6.28. The van der Waals surface area contributed by atoms with Crippen LogP contribution in [0.15, 0.2) is 29.2 Å². The molecule has 1 aromatic carbocycles. The molecule has 0 atom stereocenters. The maximum atomic E-state index is 10.2. The number of rotatable bonds is 6. The molecule has 0 aliphatic heterocycles. The van der Waals surface area contributed by atoms with Crippen LogP contribution >= 0.6 is 11.8 Å². The third kappa shape index (κ3) is 3.81. The van der Waals surface area contributed by atoms with Crippen LogP contribution in [0.4, 0.5) is 0 Å². The molecule has 0 heterocycles. The number of benzene rings is 1. The van der Waals surface area contributed by atoms with Gasteiger partial charge in [-0.3, -0.25) is 0 Å². The van der Waals surface area contributed by atoms with Crippen LogP contribution in [0.3, 0.4) is 0 Å². The summed E-state index contributed by atoms with van der Waals surface area (Å²) in [4.78, 5) is 1.19. The first-order valence-corrected chi connectivity index (χ1v) is 6.76. The van der Waals surface area contributed by atoms with Crippen molar-refractivity contribution in [3.63, 3.8) is 0 Å². The van der Waals surface area contributed by atoms with Gasteiger partial charge in [0, 0.05) is 17.2 Å². The molecule has 3 heteroatoms. The molecule has 0 aliphatic rings. The van der Waals surface area contributed by atoms with E-state index in [0.717, 1.165) is 24.2 Å². The molecule has 0 aliphatic carbocycles. The number of aliphatic hydroxyl groups is 1. The first kappa shape index (κ1) is 13.6. The van der Waals surface area contributed by atoms with E-state index in [-0.39, 0.29) is 0 Å². The molecule has 1 aromatic rings. The van der Waals surface area contributed by atoms with E-state index in [9.17, 15) is 5.11 Å². The van der Waals surface area contributed by atoms with Gasteiger partial charge in [-0.1, -0.05) is 26.0 Å². The summed E-state index contributed by atoms with van der Waals surface area (Å²) in [6.45, 7) is 4.64. The van der Waals surface area contributed by atoms with E-state index < -0.39 is 5.60 Å². The zero-order chi connectivity index (χ0) is 12.0. The van der Waals surface area contributed by atoms with Crippen LogP contribution in [0.1, 0.15) is 32.3 Å². The minimum Gasteiger partial charge on any atom is -0.389 e. The molecule has 0 saturated heterocycles. The van der Waals surface area contributed by atoms with E-state index in [1.54, 1.807) is 11.8 Å². The molecule has 3 N–H and O–H groups in total. The van der Waals surface area contributed by atoms with E-state index in [0.29, 0.717) is 6.54 Å². The average molecular weight is 239 g/mol. The summed E-state index contributed by atoms with van der Waals surface area (Å²) in [6, 6.07) is 8.22. The summed E-state index contributed by atoms with van der Waals surface area (Å²) in [5, 5.41) is 10.2. The Balaban J connectivity index is 2.54. The molecule has 0 amide bonds. The quantitative estimate of drug-likeness (QED) is 0.750. The first-order valence-electron chi connectivity index (χ1n) is 5.77.